The van der Waals surface area contributed by atoms with E-state index in [0.29, 0.717) is 6.42 Å². The molecule has 0 amide bonds. The highest BCUT2D eigenvalue weighted by atomic mass is 16.4. The number of hydrogen-bond acceptors (Lipinski definition) is 2. The first-order valence-electron chi connectivity index (χ1n) is 8.90. The Morgan fingerprint density at radius 2 is 1.91 bits per heavy atom. The van der Waals surface area contributed by atoms with Crippen molar-refractivity contribution >= 4 is 11.8 Å². The molecule has 0 saturated carbocycles. The van der Waals surface area contributed by atoms with E-state index in [9.17, 15) is 9.59 Å². The molecule has 0 aromatic carbocycles. The SMILES string of the molecule is CCCCCCC=C[C@H]1C(=O)C=C[C@@H]1CC=CCCCC(=O)O. The Balaban J connectivity index is 2.28. The van der Waals surface area contributed by atoms with Gasteiger partial charge in [0.2, 0.25) is 0 Å². The zero-order valence-corrected chi connectivity index (χ0v) is 14.2. The van der Waals surface area contributed by atoms with Crippen molar-refractivity contribution in [3.05, 3.63) is 36.5 Å². The molecule has 0 heterocycles. The van der Waals surface area contributed by atoms with Gasteiger partial charge in [0.15, 0.2) is 5.78 Å². The maximum Gasteiger partial charge on any atom is 0.303 e. The number of carboxylic acid groups (broad SMARTS) is 1. The molecule has 1 aliphatic carbocycles. The summed E-state index contributed by atoms with van der Waals surface area (Å²) >= 11 is 0. The van der Waals surface area contributed by atoms with Crippen LogP contribution in [0.1, 0.15) is 64.7 Å². The highest BCUT2D eigenvalue weighted by Crippen LogP contribution is 2.27. The van der Waals surface area contributed by atoms with Gasteiger partial charge in [0.05, 0.1) is 0 Å². The number of carboxylic acids is 1. The molecule has 0 fully saturated rings. The number of unbranched alkanes of at least 4 members (excludes halogenated alkanes) is 5. The Bertz CT molecular complexity index is 446. The van der Waals surface area contributed by atoms with Gasteiger partial charge in [0.25, 0.3) is 0 Å². The normalized spacial score (nSPS) is 21.0. The lowest BCUT2D eigenvalue weighted by atomic mass is 9.91. The number of carbonyl (C=O) groups excluding carboxylic acids is 1. The molecule has 23 heavy (non-hydrogen) atoms. The molecule has 3 heteroatoms. The number of aliphatic carboxylic acids is 1. The highest BCUT2D eigenvalue weighted by molar-refractivity contribution is 5.95. The third kappa shape index (κ3) is 8.53. The molecule has 0 aromatic heterocycles. The zero-order valence-electron chi connectivity index (χ0n) is 14.2. The molecule has 0 unspecified atom stereocenters. The molecule has 0 radical (unpaired) electrons. The molecule has 2 atom stereocenters. The maximum atomic E-state index is 11.9. The van der Waals surface area contributed by atoms with Crippen LogP contribution in [-0.4, -0.2) is 16.9 Å². The van der Waals surface area contributed by atoms with Crippen LogP contribution in [0.25, 0.3) is 0 Å². The van der Waals surface area contributed by atoms with Gasteiger partial charge in [-0.3, -0.25) is 9.59 Å². The van der Waals surface area contributed by atoms with Gasteiger partial charge in [-0.1, -0.05) is 56.6 Å². The smallest absolute Gasteiger partial charge is 0.303 e. The number of hydrogen-bond donors (Lipinski definition) is 1. The monoisotopic (exact) mass is 318 g/mol. The van der Waals surface area contributed by atoms with Gasteiger partial charge < -0.3 is 5.11 Å². The summed E-state index contributed by atoms with van der Waals surface area (Å²) in [5.41, 5.74) is 0. The van der Waals surface area contributed by atoms with E-state index in [1.54, 1.807) is 6.08 Å². The average Bonchev–Trinajstić information content (AvgIpc) is 2.86. The molecule has 128 valence electrons. The number of ketones is 1. The van der Waals surface area contributed by atoms with Crippen molar-refractivity contribution in [2.45, 2.75) is 64.7 Å². The van der Waals surface area contributed by atoms with Crippen LogP contribution in [0.4, 0.5) is 0 Å². The topological polar surface area (TPSA) is 54.4 Å². The molecule has 1 aliphatic rings. The molecule has 1 rings (SSSR count). The lowest BCUT2D eigenvalue weighted by Gasteiger charge is -2.12. The van der Waals surface area contributed by atoms with Gasteiger partial charge in [-0.25, -0.2) is 0 Å². The zero-order chi connectivity index (χ0) is 16.9. The second kappa shape index (κ2) is 11.9. The predicted octanol–water partition coefficient (Wildman–Crippen LogP) is 5.09. The van der Waals surface area contributed by atoms with E-state index in [1.165, 1.54) is 25.7 Å². The molecule has 0 bridgehead atoms. The van der Waals surface area contributed by atoms with Crippen molar-refractivity contribution in [3.63, 3.8) is 0 Å². The Morgan fingerprint density at radius 1 is 1.13 bits per heavy atom. The minimum Gasteiger partial charge on any atom is -0.481 e. The summed E-state index contributed by atoms with van der Waals surface area (Å²) in [5, 5.41) is 8.58. The summed E-state index contributed by atoms with van der Waals surface area (Å²) in [6.45, 7) is 2.21. The Morgan fingerprint density at radius 3 is 2.65 bits per heavy atom. The van der Waals surface area contributed by atoms with Crippen molar-refractivity contribution in [2.24, 2.45) is 11.8 Å². The van der Waals surface area contributed by atoms with Crippen LogP contribution in [0.2, 0.25) is 0 Å². The van der Waals surface area contributed by atoms with Gasteiger partial charge in [-0.2, -0.15) is 0 Å². The van der Waals surface area contributed by atoms with Crippen molar-refractivity contribution in [3.8, 4) is 0 Å². The molecule has 0 spiro atoms. The summed E-state index contributed by atoms with van der Waals surface area (Å²) in [6, 6.07) is 0. The Labute approximate surface area is 140 Å². The second-order valence-electron chi connectivity index (χ2n) is 6.22. The van der Waals surface area contributed by atoms with Gasteiger partial charge in [0.1, 0.15) is 0 Å². The van der Waals surface area contributed by atoms with E-state index in [-0.39, 0.29) is 24.0 Å². The van der Waals surface area contributed by atoms with Crippen LogP contribution in [0.3, 0.4) is 0 Å². The van der Waals surface area contributed by atoms with E-state index in [0.717, 1.165) is 19.3 Å². The fourth-order valence-corrected chi connectivity index (χ4v) is 2.80. The number of carbonyl (C=O) groups is 2. The molecule has 0 aliphatic heterocycles. The number of rotatable bonds is 12. The quantitative estimate of drug-likeness (QED) is 0.403. The van der Waals surface area contributed by atoms with Gasteiger partial charge in [-0.15, -0.1) is 0 Å². The third-order valence-corrected chi connectivity index (χ3v) is 4.20. The standard InChI is InChI=1S/C20H30O3/c1-2-3-4-5-6-10-13-18-17(15-16-19(18)21)12-9-7-8-11-14-20(22)23/h7,9-10,13,15-18H,2-6,8,11-12,14H2,1H3,(H,22,23)/t17-,18+/m0/s1. The number of allylic oxidation sites excluding steroid dienone is 6. The predicted molar refractivity (Wildman–Crippen MR) is 94.3 cm³/mol. The molecule has 0 saturated heterocycles. The van der Waals surface area contributed by atoms with Crippen molar-refractivity contribution in [1.82, 2.24) is 0 Å². The minimum absolute atomic E-state index is 0.00940. The molecule has 3 nitrogen and oxygen atoms in total. The van der Waals surface area contributed by atoms with E-state index in [4.69, 9.17) is 5.11 Å². The maximum absolute atomic E-state index is 11.9. The largest absolute Gasteiger partial charge is 0.481 e. The molecular formula is C20H30O3. The summed E-state index contributed by atoms with van der Waals surface area (Å²) in [6.07, 6.45) is 20.6. The molecule has 0 aromatic rings. The second-order valence-corrected chi connectivity index (χ2v) is 6.22. The first-order valence-corrected chi connectivity index (χ1v) is 8.90. The van der Waals surface area contributed by atoms with Crippen LogP contribution in [0.15, 0.2) is 36.5 Å². The highest BCUT2D eigenvalue weighted by Gasteiger charge is 2.26. The fraction of sp³-hybridized carbons (Fsp3) is 0.600. The van der Waals surface area contributed by atoms with E-state index in [2.05, 4.69) is 25.2 Å². The van der Waals surface area contributed by atoms with E-state index >= 15 is 0 Å². The van der Waals surface area contributed by atoms with Crippen LogP contribution in [0.5, 0.6) is 0 Å². The Kier molecular flexibility index (Phi) is 10.0. The van der Waals surface area contributed by atoms with Gasteiger partial charge >= 0.3 is 5.97 Å². The van der Waals surface area contributed by atoms with Crippen LogP contribution in [0, 0.1) is 11.8 Å². The first-order chi connectivity index (χ1) is 11.1. The lowest BCUT2D eigenvalue weighted by molar-refractivity contribution is -0.137. The average molecular weight is 318 g/mol. The van der Waals surface area contributed by atoms with Crippen molar-refractivity contribution in [2.75, 3.05) is 0 Å². The minimum atomic E-state index is -0.744. The van der Waals surface area contributed by atoms with Crippen LogP contribution >= 0.6 is 0 Å². The first kappa shape index (κ1) is 19.4. The van der Waals surface area contributed by atoms with Crippen LogP contribution < -0.4 is 0 Å². The van der Waals surface area contributed by atoms with Gasteiger partial charge in [0, 0.05) is 12.3 Å². The summed E-state index contributed by atoms with van der Waals surface area (Å²) in [4.78, 5) is 22.4. The lowest BCUT2D eigenvalue weighted by Crippen LogP contribution is -2.12. The van der Waals surface area contributed by atoms with E-state index in [1.807, 2.05) is 12.2 Å². The van der Waals surface area contributed by atoms with Gasteiger partial charge in [-0.05, 0) is 44.1 Å². The fourth-order valence-electron chi connectivity index (χ4n) is 2.80. The summed E-state index contributed by atoms with van der Waals surface area (Å²) in [7, 11) is 0. The van der Waals surface area contributed by atoms with Crippen molar-refractivity contribution < 1.29 is 14.7 Å². The summed E-state index contributed by atoms with van der Waals surface area (Å²) in [5.74, 6) is -0.291. The molecule has 1 N–H and O–H groups in total. The third-order valence-electron chi connectivity index (χ3n) is 4.20. The van der Waals surface area contributed by atoms with Crippen LogP contribution in [-0.2, 0) is 9.59 Å². The van der Waals surface area contributed by atoms with E-state index < -0.39 is 5.97 Å². The molecular weight excluding hydrogens is 288 g/mol. The summed E-state index contributed by atoms with van der Waals surface area (Å²) < 4.78 is 0. The van der Waals surface area contributed by atoms with Crippen molar-refractivity contribution in [1.29, 1.82) is 0 Å². The Hall–Kier alpha value is -1.64.